The molecule has 0 aromatic heterocycles. The van der Waals surface area contributed by atoms with Crippen LogP contribution < -0.4 is 10.6 Å². The minimum Gasteiger partial charge on any atom is -0.453 e. The van der Waals surface area contributed by atoms with Gasteiger partial charge in [0.1, 0.15) is 0 Å². The number of likely N-dealkylation sites (tertiary alicyclic amines) is 1. The van der Waals surface area contributed by atoms with Crippen molar-refractivity contribution in [2.24, 2.45) is 0 Å². The molecule has 7 heteroatoms. The second-order valence-electron chi connectivity index (χ2n) is 6.15. The van der Waals surface area contributed by atoms with Crippen LogP contribution in [-0.4, -0.2) is 56.1 Å². The van der Waals surface area contributed by atoms with Gasteiger partial charge in [-0.05, 0) is 24.5 Å². The Kier molecular flexibility index (Phi) is 6.77. The number of rotatable bonds is 6. The number of nitrogens with one attached hydrogen (secondary N) is 2. The molecule has 0 spiro atoms. The van der Waals surface area contributed by atoms with E-state index in [1.807, 2.05) is 30.3 Å². The number of hydrogen-bond acceptors (Lipinski definition) is 4. The number of alkyl carbamates (subject to hydrolysis) is 1. The first-order valence-electron chi connectivity index (χ1n) is 8.60. The topological polar surface area (TPSA) is 87.7 Å². The van der Waals surface area contributed by atoms with Gasteiger partial charge in [-0.1, -0.05) is 36.9 Å². The van der Waals surface area contributed by atoms with Crippen molar-refractivity contribution in [3.63, 3.8) is 0 Å². The Morgan fingerprint density at radius 2 is 1.77 bits per heavy atom. The van der Waals surface area contributed by atoms with Gasteiger partial charge >= 0.3 is 6.09 Å². The summed E-state index contributed by atoms with van der Waals surface area (Å²) in [6, 6.07) is 9.61. The summed E-state index contributed by atoms with van der Waals surface area (Å²) >= 11 is 0. The fourth-order valence-corrected chi connectivity index (χ4v) is 3.22. The second-order valence-corrected chi connectivity index (χ2v) is 6.15. The molecule has 0 atom stereocenters. The SMILES string of the molecule is C=CC(=O)N1CCC(C(=O)NCCNC(=O)OC)(c2ccccc2)CC1. The van der Waals surface area contributed by atoms with Crippen LogP contribution >= 0.6 is 0 Å². The molecule has 26 heavy (non-hydrogen) atoms. The van der Waals surface area contributed by atoms with Crippen LogP contribution in [0.5, 0.6) is 0 Å². The van der Waals surface area contributed by atoms with E-state index in [0.29, 0.717) is 32.5 Å². The zero-order chi connectivity index (χ0) is 19.0. The first-order chi connectivity index (χ1) is 12.5. The number of amides is 3. The van der Waals surface area contributed by atoms with Gasteiger partial charge in [-0.2, -0.15) is 0 Å². The smallest absolute Gasteiger partial charge is 0.406 e. The zero-order valence-electron chi connectivity index (χ0n) is 15.0. The summed E-state index contributed by atoms with van der Waals surface area (Å²) in [7, 11) is 1.29. The lowest BCUT2D eigenvalue weighted by molar-refractivity contribution is -0.133. The van der Waals surface area contributed by atoms with Gasteiger partial charge in [0.25, 0.3) is 0 Å². The molecule has 3 amide bonds. The van der Waals surface area contributed by atoms with E-state index in [1.54, 1.807) is 4.90 Å². The normalized spacial score (nSPS) is 15.7. The summed E-state index contributed by atoms with van der Waals surface area (Å²) in [5.74, 6) is -0.213. The van der Waals surface area contributed by atoms with Gasteiger partial charge in [-0.15, -0.1) is 0 Å². The molecular weight excluding hydrogens is 334 g/mol. The number of carbonyl (C=O) groups is 3. The molecule has 2 N–H and O–H groups in total. The van der Waals surface area contributed by atoms with Crippen molar-refractivity contribution in [2.45, 2.75) is 18.3 Å². The Morgan fingerprint density at radius 1 is 1.15 bits per heavy atom. The standard InChI is InChI=1S/C19H25N3O4/c1-3-16(23)22-13-9-19(10-14-22,15-7-5-4-6-8-15)17(24)20-11-12-21-18(25)26-2/h3-8H,1,9-14H2,2H3,(H,20,24)(H,21,25). The maximum Gasteiger partial charge on any atom is 0.406 e. The maximum atomic E-state index is 13.0. The molecule has 1 fully saturated rings. The highest BCUT2D eigenvalue weighted by Gasteiger charge is 2.43. The van der Waals surface area contributed by atoms with Gasteiger partial charge in [-0.25, -0.2) is 4.79 Å². The molecule has 7 nitrogen and oxygen atoms in total. The van der Waals surface area contributed by atoms with E-state index in [-0.39, 0.29) is 18.4 Å². The van der Waals surface area contributed by atoms with Crippen LogP contribution in [0.1, 0.15) is 18.4 Å². The molecule has 0 radical (unpaired) electrons. The number of methoxy groups -OCH3 is 1. The van der Waals surface area contributed by atoms with Crippen molar-refractivity contribution in [1.29, 1.82) is 0 Å². The first kappa shape index (κ1) is 19.5. The number of carbonyl (C=O) groups excluding carboxylic acids is 3. The Labute approximate surface area is 153 Å². The summed E-state index contributed by atoms with van der Waals surface area (Å²) in [6.45, 7) is 5.09. The minimum absolute atomic E-state index is 0.0962. The summed E-state index contributed by atoms with van der Waals surface area (Å²) < 4.78 is 4.50. The van der Waals surface area contributed by atoms with Crippen LogP contribution in [0.3, 0.4) is 0 Å². The zero-order valence-corrected chi connectivity index (χ0v) is 15.0. The molecule has 1 aromatic rings. The summed E-state index contributed by atoms with van der Waals surface area (Å²) in [5.41, 5.74) is 0.244. The third-order valence-electron chi connectivity index (χ3n) is 4.73. The molecule has 1 aliphatic heterocycles. The van der Waals surface area contributed by atoms with Crippen LogP contribution in [-0.2, 0) is 19.7 Å². The molecule has 0 saturated carbocycles. The average Bonchev–Trinajstić information content (AvgIpc) is 2.70. The lowest BCUT2D eigenvalue weighted by atomic mass is 9.72. The monoisotopic (exact) mass is 359 g/mol. The van der Waals surface area contributed by atoms with Crippen molar-refractivity contribution in [2.75, 3.05) is 33.3 Å². The number of benzene rings is 1. The van der Waals surface area contributed by atoms with Crippen LogP contribution in [0.4, 0.5) is 4.79 Å². The number of hydrogen-bond donors (Lipinski definition) is 2. The summed E-state index contributed by atoms with van der Waals surface area (Å²) in [4.78, 5) is 37.6. The van der Waals surface area contributed by atoms with Crippen molar-refractivity contribution < 1.29 is 19.1 Å². The quantitative estimate of drug-likeness (QED) is 0.590. The van der Waals surface area contributed by atoms with Crippen molar-refractivity contribution in [3.8, 4) is 0 Å². The third-order valence-corrected chi connectivity index (χ3v) is 4.73. The molecular formula is C19H25N3O4. The fraction of sp³-hybridized carbons (Fsp3) is 0.421. The van der Waals surface area contributed by atoms with Crippen molar-refractivity contribution in [3.05, 3.63) is 48.6 Å². The summed E-state index contributed by atoms with van der Waals surface area (Å²) in [6.07, 6.45) is 1.83. The van der Waals surface area contributed by atoms with E-state index in [4.69, 9.17) is 0 Å². The van der Waals surface area contributed by atoms with Gasteiger partial charge in [0.15, 0.2) is 0 Å². The van der Waals surface area contributed by atoms with Crippen LogP contribution in [0.25, 0.3) is 0 Å². The molecule has 140 valence electrons. The van der Waals surface area contributed by atoms with E-state index >= 15 is 0 Å². The Hall–Kier alpha value is -2.83. The molecule has 1 aromatic carbocycles. The molecule has 0 unspecified atom stereocenters. The second kappa shape index (κ2) is 9.03. The van der Waals surface area contributed by atoms with Gasteiger partial charge in [-0.3, -0.25) is 9.59 Å². The van der Waals surface area contributed by atoms with E-state index < -0.39 is 11.5 Å². The van der Waals surface area contributed by atoms with E-state index in [1.165, 1.54) is 13.2 Å². The number of ether oxygens (including phenoxy) is 1. The fourth-order valence-electron chi connectivity index (χ4n) is 3.22. The van der Waals surface area contributed by atoms with Crippen molar-refractivity contribution in [1.82, 2.24) is 15.5 Å². The van der Waals surface area contributed by atoms with Gasteiger partial charge < -0.3 is 20.3 Å². The molecule has 1 heterocycles. The largest absolute Gasteiger partial charge is 0.453 e. The minimum atomic E-state index is -0.690. The van der Waals surface area contributed by atoms with Crippen LogP contribution in [0.2, 0.25) is 0 Å². The highest BCUT2D eigenvalue weighted by atomic mass is 16.5. The van der Waals surface area contributed by atoms with Crippen LogP contribution in [0.15, 0.2) is 43.0 Å². The van der Waals surface area contributed by atoms with E-state index in [2.05, 4.69) is 21.9 Å². The number of piperidine rings is 1. The maximum absolute atomic E-state index is 13.0. The Morgan fingerprint density at radius 3 is 2.35 bits per heavy atom. The van der Waals surface area contributed by atoms with Gasteiger partial charge in [0, 0.05) is 26.2 Å². The average molecular weight is 359 g/mol. The molecule has 0 bridgehead atoms. The van der Waals surface area contributed by atoms with Crippen LogP contribution in [0, 0.1) is 0 Å². The predicted molar refractivity (Wildman–Crippen MR) is 97.5 cm³/mol. The van der Waals surface area contributed by atoms with E-state index in [9.17, 15) is 14.4 Å². The molecule has 1 aliphatic rings. The lowest BCUT2D eigenvalue weighted by Gasteiger charge is -2.40. The number of nitrogens with zero attached hydrogens (tertiary/aromatic N) is 1. The van der Waals surface area contributed by atoms with Gasteiger partial charge in [0.2, 0.25) is 11.8 Å². The third kappa shape index (κ3) is 4.41. The van der Waals surface area contributed by atoms with Crippen molar-refractivity contribution >= 4 is 17.9 Å². The molecule has 2 rings (SSSR count). The molecule has 1 saturated heterocycles. The summed E-state index contributed by atoms with van der Waals surface area (Å²) in [5, 5.41) is 5.43. The Balaban J connectivity index is 2.08. The molecule has 0 aliphatic carbocycles. The van der Waals surface area contributed by atoms with Gasteiger partial charge in [0.05, 0.1) is 12.5 Å². The predicted octanol–water partition coefficient (Wildman–Crippen LogP) is 1.21. The highest BCUT2D eigenvalue weighted by molar-refractivity contribution is 5.90. The lowest BCUT2D eigenvalue weighted by Crippen LogP contribution is -2.53. The Bertz CT molecular complexity index is 652. The first-order valence-corrected chi connectivity index (χ1v) is 8.60. The highest BCUT2D eigenvalue weighted by Crippen LogP contribution is 2.36. The van der Waals surface area contributed by atoms with E-state index in [0.717, 1.165) is 5.56 Å².